The molecule has 180 valence electrons. The molecule has 4 aromatic rings. The van der Waals surface area contributed by atoms with Crippen molar-refractivity contribution in [3.8, 4) is 11.1 Å². The lowest BCUT2D eigenvalue weighted by molar-refractivity contribution is 0.256. The van der Waals surface area contributed by atoms with Crippen LogP contribution in [0.1, 0.15) is 45.1 Å². The zero-order valence-electron chi connectivity index (χ0n) is 20.1. The van der Waals surface area contributed by atoms with Gasteiger partial charge in [-0.05, 0) is 71.5 Å². The fourth-order valence-corrected chi connectivity index (χ4v) is 4.45. The van der Waals surface area contributed by atoms with Gasteiger partial charge in [-0.15, -0.1) is 0 Å². The highest BCUT2D eigenvalue weighted by molar-refractivity contribution is 9.10. The van der Waals surface area contributed by atoms with Crippen LogP contribution >= 0.6 is 15.9 Å². The molecule has 0 aliphatic carbocycles. The van der Waals surface area contributed by atoms with Crippen LogP contribution < -0.4 is 15.8 Å². The first kappa shape index (κ1) is 24.7. The van der Waals surface area contributed by atoms with Crippen molar-refractivity contribution in [2.75, 3.05) is 16.8 Å². The minimum Gasteiger partial charge on any atom is -0.307 e. The summed E-state index contributed by atoms with van der Waals surface area (Å²) in [6, 6.07) is 19.3. The van der Waals surface area contributed by atoms with Gasteiger partial charge in [0, 0.05) is 28.3 Å². The van der Waals surface area contributed by atoms with Crippen molar-refractivity contribution in [3.05, 3.63) is 87.3 Å². The molecule has 4 rings (SSSR count). The summed E-state index contributed by atoms with van der Waals surface area (Å²) in [6.07, 6.45) is 3.30. The molecule has 6 nitrogen and oxygen atoms in total. The van der Waals surface area contributed by atoms with E-state index < -0.39 is 0 Å². The number of aromatic nitrogens is 2. The highest BCUT2D eigenvalue weighted by atomic mass is 79.9. The maximum atomic E-state index is 13.5. The van der Waals surface area contributed by atoms with Gasteiger partial charge >= 0.3 is 6.03 Å². The van der Waals surface area contributed by atoms with E-state index in [1.807, 2.05) is 36.4 Å². The number of aromatic amines is 1. The number of carbonyl (C=O) groups is 1. The predicted octanol–water partition coefficient (Wildman–Crippen LogP) is 7.31. The third-order valence-corrected chi connectivity index (χ3v) is 6.43. The summed E-state index contributed by atoms with van der Waals surface area (Å²) in [4.78, 5) is 34.9. The van der Waals surface area contributed by atoms with E-state index in [9.17, 15) is 9.59 Å². The molecular weight excluding hydrogens is 504 g/mol. The second-order valence-electron chi connectivity index (χ2n) is 8.83. The van der Waals surface area contributed by atoms with Crippen LogP contribution in [0.2, 0.25) is 0 Å². The van der Waals surface area contributed by atoms with E-state index in [1.54, 1.807) is 12.3 Å². The zero-order chi connectivity index (χ0) is 24.9. The first-order chi connectivity index (χ1) is 16.9. The van der Waals surface area contributed by atoms with Gasteiger partial charge in [-0.1, -0.05) is 61.3 Å². The molecule has 0 aliphatic heterocycles. The molecule has 0 radical (unpaired) electrons. The van der Waals surface area contributed by atoms with Gasteiger partial charge in [-0.3, -0.25) is 9.69 Å². The number of urea groups is 1. The van der Waals surface area contributed by atoms with Crippen molar-refractivity contribution in [1.29, 1.82) is 0 Å². The fraction of sp³-hybridized carbons (Fsp3) is 0.250. The maximum absolute atomic E-state index is 13.5. The Morgan fingerprint density at radius 2 is 1.89 bits per heavy atom. The van der Waals surface area contributed by atoms with Gasteiger partial charge in [0.05, 0.1) is 0 Å². The number of halogens is 1. The largest absolute Gasteiger partial charge is 0.326 e. The first-order valence-electron chi connectivity index (χ1n) is 11.8. The Bertz CT molecular complexity index is 1410. The number of anilines is 2. The van der Waals surface area contributed by atoms with Crippen molar-refractivity contribution in [1.82, 2.24) is 9.97 Å². The molecule has 0 fully saturated rings. The number of nitrogens with zero attached hydrogens (tertiary/aromatic N) is 2. The minimum atomic E-state index is -0.337. The maximum Gasteiger partial charge on any atom is 0.326 e. The normalized spacial score (nSPS) is 11.1. The van der Waals surface area contributed by atoms with Crippen LogP contribution in [0.3, 0.4) is 0 Å². The molecule has 35 heavy (non-hydrogen) atoms. The van der Waals surface area contributed by atoms with Crippen molar-refractivity contribution in [2.45, 2.75) is 39.5 Å². The standard InChI is InChI=1S/C28H29BrN4O2/c1-4-5-14-33(25-17-21-9-7-13-30-26(21)32-27(25)34)28(35)31-24-12-11-20(16-23(24)18(2)3)19-8-6-10-22(29)15-19/h6-13,15-18H,4-5,14H2,1-3H3,(H,31,35)(H,30,32,34). The minimum absolute atomic E-state index is 0.191. The summed E-state index contributed by atoms with van der Waals surface area (Å²) in [5.41, 5.74) is 4.42. The highest BCUT2D eigenvalue weighted by Gasteiger charge is 2.21. The summed E-state index contributed by atoms with van der Waals surface area (Å²) in [7, 11) is 0. The second kappa shape index (κ2) is 10.9. The molecule has 0 spiro atoms. The summed E-state index contributed by atoms with van der Waals surface area (Å²) in [5.74, 6) is 0.191. The Hall–Kier alpha value is -3.45. The highest BCUT2D eigenvalue weighted by Crippen LogP contribution is 2.31. The Balaban J connectivity index is 1.69. The number of amides is 2. The Labute approximate surface area is 213 Å². The Morgan fingerprint density at radius 1 is 1.09 bits per heavy atom. The van der Waals surface area contributed by atoms with Crippen LogP contribution in [0.15, 0.2) is 76.1 Å². The molecule has 2 heterocycles. The smallest absolute Gasteiger partial charge is 0.307 e. The number of H-pyrrole nitrogens is 1. The van der Waals surface area contributed by atoms with Crippen LogP contribution in [0.5, 0.6) is 0 Å². The van der Waals surface area contributed by atoms with E-state index in [0.29, 0.717) is 17.9 Å². The summed E-state index contributed by atoms with van der Waals surface area (Å²) < 4.78 is 1.01. The third kappa shape index (κ3) is 5.62. The number of nitrogens with one attached hydrogen (secondary N) is 2. The van der Waals surface area contributed by atoms with E-state index in [0.717, 1.165) is 45.1 Å². The monoisotopic (exact) mass is 532 g/mol. The number of benzene rings is 2. The van der Waals surface area contributed by atoms with Crippen molar-refractivity contribution in [3.63, 3.8) is 0 Å². The van der Waals surface area contributed by atoms with E-state index in [4.69, 9.17) is 0 Å². The molecule has 2 aromatic carbocycles. The summed E-state index contributed by atoms with van der Waals surface area (Å²) in [5, 5.41) is 3.85. The van der Waals surface area contributed by atoms with Gasteiger partial charge < -0.3 is 10.3 Å². The van der Waals surface area contributed by atoms with Crippen LogP contribution in [-0.2, 0) is 0 Å². The van der Waals surface area contributed by atoms with E-state index >= 15 is 0 Å². The molecule has 0 atom stereocenters. The number of fused-ring (bicyclic) bond motifs is 1. The summed E-state index contributed by atoms with van der Waals surface area (Å²) in [6.45, 7) is 6.70. The van der Waals surface area contributed by atoms with E-state index in [-0.39, 0.29) is 17.5 Å². The van der Waals surface area contributed by atoms with Crippen LogP contribution in [-0.4, -0.2) is 22.5 Å². The molecule has 2 aromatic heterocycles. The van der Waals surface area contributed by atoms with Crippen LogP contribution in [0, 0.1) is 0 Å². The Kier molecular flexibility index (Phi) is 7.66. The molecule has 0 saturated heterocycles. The van der Waals surface area contributed by atoms with Crippen molar-refractivity contribution < 1.29 is 4.79 Å². The van der Waals surface area contributed by atoms with Gasteiger partial charge in [0.1, 0.15) is 11.3 Å². The van der Waals surface area contributed by atoms with Crippen molar-refractivity contribution >= 4 is 44.4 Å². The van der Waals surface area contributed by atoms with E-state index in [1.165, 1.54) is 4.90 Å². The molecule has 2 amide bonds. The molecule has 0 bridgehead atoms. The molecular formula is C28H29BrN4O2. The van der Waals surface area contributed by atoms with Gasteiger partial charge in [0.15, 0.2) is 0 Å². The Morgan fingerprint density at radius 3 is 2.63 bits per heavy atom. The van der Waals surface area contributed by atoms with Crippen LogP contribution in [0.25, 0.3) is 22.2 Å². The second-order valence-corrected chi connectivity index (χ2v) is 9.74. The lowest BCUT2D eigenvalue weighted by Gasteiger charge is -2.24. The predicted molar refractivity (Wildman–Crippen MR) is 147 cm³/mol. The van der Waals surface area contributed by atoms with Gasteiger partial charge in [0.25, 0.3) is 5.56 Å². The average Bonchev–Trinajstić information content (AvgIpc) is 2.84. The number of hydrogen-bond donors (Lipinski definition) is 2. The van der Waals surface area contributed by atoms with Gasteiger partial charge in [0.2, 0.25) is 0 Å². The lowest BCUT2D eigenvalue weighted by Crippen LogP contribution is -2.39. The summed E-state index contributed by atoms with van der Waals surface area (Å²) >= 11 is 3.54. The molecule has 7 heteroatoms. The number of hydrogen-bond acceptors (Lipinski definition) is 3. The third-order valence-electron chi connectivity index (χ3n) is 5.94. The fourth-order valence-electron chi connectivity index (χ4n) is 4.06. The lowest BCUT2D eigenvalue weighted by atomic mass is 9.95. The topological polar surface area (TPSA) is 78.1 Å². The van der Waals surface area contributed by atoms with Gasteiger partial charge in [-0.2, -0.15) is 0 Å². The molecule has 2 N–H and O–H groups in total. The number of unbranched alkanes of at least 4 members (excludes halogenated alkanes) is 1. The quantitative estimate of drug-likeness (QED) is 0.261. The van der Waals surface area contributed by atoms with Gasteiger partial charge in [-0.25, -0.2) is 9.78 Å². The molecule has 0 aliphatic rings. The molecule has 0 unspecified atom stereocenters. The molecule has 0 saturated carbocycles. The average molecular weight is 533 g/mol. The number of pyridine rings is 2. The van der Waals surface area contributed by atoms with E-state index in [2.05, 4.69) is 70.2 Å². The van der Waals surface area contributed by atoms with Crippen molar-refractivity contribution in [2.24, 2.45) is 0 Å². The zero-order valence-corrected chi connectivity index (χ0v) is 21.7. The van der Waals surface area contributed by atoms with Crippen LogP contribution in [0.4, 0.5) is 16.2 Å². The first-order valence-corrected chi connectivity index (χ1v) is 12.6. The number of rotatable bonds is 7. The SMILES string of the molecule is CCCCN(C(=O)Nc1ccc(-c2cccc(Br)c2)cc1C(C)C)c1cc2cccnc2[nH]c1=O. The number of carbonyl (C=O) groups excluding carboxylic acids is 1.